The molecule has 3 nitrogen and oxygen atoms in total. The Morgan fingerprint density at radius 3 is 2.74 bits per heavy atom. The first-order valence-electron chi connectivity index (χ1n) is 9.29. The van der Waals surface area contributed by atoms with Crippen LogP contribution in [0.1, 0.15) is 58.9 Å². The number of aromatic amines is 1. The second-order valence-corrected chi connectivity index (χ2v) is 7.27. The summed E-state index contributed by atoms with van der Waals surface area (Å²) < 4.78 is 0. The Labute approximate surface area is 164 Å². The van der Waals surface area contributed by atoms with Crippen molar-refractivity contribution >= 4 is 34.5 Å². The van der Waals surface area contributed by atoms with Gasteiger partial charge < -0.3 is 10.1 Å². The topological polar surface area (TPSA) is 53.1 Å². The fourth-order valence-corrected chi connectivity index (χ4v) is 3.54. The second-order valence-electron chi connectivity index (χ2n) is 6.87. The smallest absolute Gasteiger partial charge is 0.335 e. The van der Waals surface area contributed by atoms with Crippen LogP contribution in [-0.2, 0) is 6.42 Å². The maximum absolute atomic E-state index is 11.3. The van der Waals surface area contributed by atoms with Crippen LogP contribution in [0.25, 0.3) is 17.0 Å². The molecule has 1 heterocycles. The van der Waals surface area contributed by atoms with E-state index in [4.69, 9.17) is 11.6 Å². The molecule has 140 valence electrons. The zero-order chi connectivity index (χ0) is 19.4. The summed E-state index contributed by atoms with van der Waals surface area (Å²) in [5.74, 6) is -0.918. The lowest BCUT2D eigenvalue weighted by Gasteiger charge is -2.07. The predicted octanol–water partition coefficient (Wildman–Crippen LogP) is 6.62. The molecule has 2 N–H and O–H groups in total. The van der Waals surface area contributed by atoms with Gasteiger partial charge in [-0.3, -0.25) is 0 Å². The van der Waals surface area contributed by atoms with E-state index in [1.165, 1.54) is 12.8 Å². The molecule has 0 atom stereocenters. The van der Waals surface area contributed by atoms with Crippen molar-refractivity contribution in [2.24, 2.45) is 0 Å². The van der Waals surface area contributed by atoms with E-state index < -0.39 is 5.97 Å². The number of nitrogens with one attached hydrogen (secondary N) is 1. The number of unbranched alkanes of at least 4 members (excludes halogenated alkanes) is 2. The van der Waals surface area contributed by atoms with Crippen LogP contribution >= 0.6 is 11.6 Å². The van der Waals surface area contributed by atoms with Gasteiger partial charge in [0, 0.05) is 28.0 Å². The molecule has 0 saturated carbocycles. The molecule has 27 heavy (non-hydrogen) atoms. The van der Waals surface area contributed by atoms with Crippen LogP contribution in [0.3, 0.4) is 0 Å². The first kappa shape index (κ1) is 19.2. The van der Waals surface area contributed by atoms with Crippen molar-refractivity contribution < 1.29 is 9.90 Å². The molecule has 4 heteroatoms. The first-order valence-corrected chi connectivity index (χ1v) is 9.67. The van der Waals surface area contributed by atoms with E-state index in [9.17, 15) is 9.90 Å². The van der Waals surface area contributed by atoms with E-state index in [2.05, 4.69) is 36.2 Å². The van der Waals surface area contributed by atoms with Gasteiger partial charge in [0.25, 0.3) is 0 Å². The van der Waals surface area contributed by atoms with Gasteiger partial charge in [-0.15, -0.1) is 0 Å². The summed E-state index contributed by atoms with van der Waals surface area (Å²) in [6.45, 7) is 4.19. The highest BCUT2D eigenvalue weighted by Gasteiger charge is 2.13. The number of carboxylic acid groups (broad SMARTS) is 1. The SMILES string of the molecule is CCCC/C=C/c1ccc(Cc2c(C)[nH]c3ccc(C(=O)O)cc23)c(Cl)c1. The standard InChI is InChI=1S/C23H24ClNO2/c1-3-4-5-6-7-16-8-9-17(21(24)12-16)13-19-15(2)25-22-11-10-18(23(26)27)14-20(19)22/h6-12,14,25H,3-5,13H2,1-2H3,(H,26,27)/b7-6+. The maximum Gasteiger partial charge on any atom is 0.335 e. The van der Waals surface area contributed by atoms with Crippen LogP contribution in [0.2, 0.25) is 5.02 Å². The van der Waals surface area contributed by atoms with E-state index in [1.54, 1.807) is 12.1 Å². The fourth-order valence-electron chi connectivity index (χ4n) is 3.29. The number of aromatic nitrogens is 1. The zero-order valence-electron chi connectivity index (χ0n) is 15.7. The largest absolute Gasteiger partial charge is 0.478 e. The van der Waals surface area contributed by atoms with E-state index in [1.807, 2.05) is 19.1 Å². The molecule has 3 aromatic rings. The van der Waals surface area contributed by atoms with Crippen LogP contribution in [0, 0.1) is 6.92 Å². The van der Waals surface area contributed by atoms with Gasteiger partial charge in [-0.1, -0.05) is 55.7 Å². The van der Waals surface area contributed by atoms with Crippen LogP contribution in [0.4, 0.5) is 0 Å². The Morgan fingerprint density at radius 1 is 1.22 bits per heavy atom. The molecule has 0 aliphatic rings. The summed E-state index contributed by atoms with van der Waals surface area (Å²) in [4.78, 5) is 14.6. The molecular formula is C23H24ClNO2. The summed E-state index contributed by atoms with van der Waals surface area (Å²) in [5, 5.41) is 10.9. The molecule has 0 bridgehead atoms. The van der Waals surface area contributed by atoms with Crippen LogP contribution in [0.5, 0.6) is 0 Å². The van der Waals surface area contributed by atoms with E-state index in [0.717, 1.165) is 44.7 Å². The Kier molecular flexibility index (Phi) is 6.02. The number of benzene rings is 2. The van der Waals surface area contributed by atoms with Gasteiger partial charge in [0.1, 0.15) is 0 Å². The summed E-state index contributed by atoms with van der Waals surface area (Å²) >= 11 is 6.53. The highest BCUT2D eigenvalue weighted by molar-refractivity contribution is 6.31. The molecule has 0 spiro atoms. The highest BCUT2D eigenvalue weighted by Crippen LogP contribution is 2.29. The van der Waals surface area contributed by atoms with Crippen LogP contribution in [0.15, 0.2) is 42.5 Å². The Morgan fingerprint density at radius 2 is 2.04 bits per heavy atom. The molecule has 0 aliphatic heterocycles. The van der Waals surface area contributed by atoms with Gasteiger partial charge in [0.2, 0.25) is 0 Å². The molecule has 2 aromatic carbocycles. The van der Waals surface area contributed by atoms with Crippen molar-refractivity contribution in [1.29, 1.82) is 0 Å². The fraction of sp³-hybridized carbons (Fsp3) is 0.261. The van der Waals surface area contributed by atoms with Gasteiger partial charge in [-0.05, 0) is 54.3 Å². The monoisotopic (exact) mass is 381 g/mol. The van der Waals surface area contributed by atoms with E-state index in [-0.39, 0.29) is 0 Å². The minimum absolute atomic E-state index is 0.293. The second kappa shape index (κ2) is 8.45. The lowest BCUT2D eigenvalue weighted by Crippen LogP contribution is -1.96. The lowest BCUT2D eigenvalue weighted by atomic mass is 9.99. The minimum atomic E-state index is -0.918. The quantitative estimate of drug-likeness (QED) is 0.451. The van der Waals surface area contributed by atoms with Crippen LogP contribution in [-0.4, -0.2) is 16.1 Å². The average Bonchev–Trinajstić information content (AvgIpc) is 2.95. The zero-order valence-corrected chi connectivity index (χ0v) is 16.4. The molecule has 0 aliphatic carbocycles. The Balaban J connectivity index is 1.88. The van der Waals surface area contributed by atoms with Crippen LogP contribution < -0.4 is 0 Å². The number of allylic oxidation sites excluding steroid dienone is 1. The molecule has 0 fully saturated rings. The third kappa shape index (κ3) is 4.42. The van der Waals surface area contributed by atoms with Crippen molar-refractivity contribution in [1.82, 2.24) is 4.98 Å². The number of fused-ring (bicyclic) bond motifs is 1. The summed E-state index contributed by atoms with van der Waals surface area (Å²) in [6.07, 6.45) is 8.43. The molecule has 0 unspecified atom stereocenters. The third-order valence-electron chi connectivity index (χ3n) is 4.85. The molecule has 0 saturated heterocycles. The third-order valence-corrected chi connectivity index (χ3v) is 5.20. The first-order chi connectivity index (χ1) is 13.0. The number of hydrogen-bond donors (Lipinski definition) is 2. The number of hydrogen-bond acceptors (Lipinski definition) is 1. The number of halogens is 1. The van der Waals surface area contributed by atoms with Gasteiger partial charge in [0.05, 0.1) is 5.56 Å². The van der Waals surface area contributed by atoms with Crippen molar-refractivity contribution in [2.75, 3.05) is 0 Å². The van der Waals surface area contributed by atoms with E-state index in [0.29, 0.717) is 12.0 Å². The number of aryl methyl sites for hydroxylation is 1. The number of carbonyl (C=O) groups is 1. The molecule has 0 radical (unpaired) electrons. The van der Waals surface area contributed by atoms with Crippen molar-refractivity contribution in [3.63, 3.8) is 0 Å². The predicted molar refractivity (Wildman–Crippen MR) is 113 cm³/mol. The Bertz CT molecular complexity index is 1000. The summed E-state index contributed by atoms with van der Waals surface area (Å²) in [6, 6.07) is 11.3. The van der Waals surface area contributed by atoms with Crippen molar-refractivity contribution in [3.8, 4) is 0 Å². The van der Waals surface area contributed by atoms with Crippen molar-refractivity contribution in [3.05, 3.63) is 75.4 Å². The number of rotatable bonds is 7. The minimum Gasteiger partial charge on any atom is -0.478 e. The summed E-state index contributed by atoms with van der Waals surface area (Å²) in [7, 11) is 0. The van der Waals surface area contributed by atoms with Gasteiger partial charge in [-0.25, -0.2) is 4.79 Å². The number of H-pyrrole nitrogens is 1. The van der Waals surface area contributed by atoms with Gasteiger partial charge in [-0.2, -0.15) is 0 Å². The van der Waals surface area contributed by atoms with E-state index >= 15 is 0 Å². The normalized spacial score (nSPS) is 11.5. The molecular weight excluding hydrogens is 358 g/mol. The lowest BCUT2D eigenvalue weighted by molar-refractivity contribution is 0.0697. The molecule has 1 aromatic heterocycles. The molecule has 3 rings (SSSR count). The Hall–Kier alpha value is -2.52. The van der Waals surface area contributed by atoms with Gasteiger partial charge >= 0.3 is 5.97 Å². The van der Waals surface area contributed by atoms with Crippen molar-refractivity contribution in [2.45, 2.75) is 39.5 Å². The van der Waals surface area contributed by atoms with Gasteiger partial charge in [0.15, 0.2) is 0 Å². The number of carboxylic acids is 1. The highest BCUT2D eigenvalue weighted by atomic mass is 35.5. The maximum atomic E-state index is 11.3. The molecule has 0 amide bonds. The number of aromatic carboxylic acids is 1. The average molecular weight is 382 g/mol. The summed E-state index contributed by atoms with van der Waals surface area (Å²) in [5.41, 5.74) is 5.49.